The minimum Gasteiger partial charge on any atom is -0.493 e. The van der Waals surface area contributed by atoms with Crippen LogP contribution in [0.25, 0.3) is 0 Å². The summed E-state index contributed by atoms with van der Waals surface area (Å²) in [7, 11) is 3.23. The molecule has 2 atom stereocenters. The van der Waals surface area contributed by atoms with Crippen molar-refractivity contribution in [2.24, 2.45) is 0 Å². The highest BCUT2D eigenvalue weighted by molar-refractivity contribution is 5.70. The molecule has 144 valence electrons. The van der Waals surface area contributed by atoms with E-state index in [0.717, 1.165) is 35.5 Å². The normalized spacial score (nSPS) is 17.8. The van der Waals surface area contributed by atoms with Crippen molar-refractivity contribution in [3.05, 3.63) is 47.0 Å². The zero-order valence-electron chi connectivity index (χ0n) is 16.5. The van der Waals surface area contributed by atoms with Crippen molar-refractivity contribution in [3.8, 4) is 23.0 Å². The highest BCUT2D eigenvalue weighted by Gasteiger charge is 2.35. The van der Waals surface area contributed by atoms with Crippen LogP contribution in [0.2, 0.25) is 0 Å². The van der Waals surface area contributed by atoms with Crippen LogP contribution in [0.1, 0.15) is 55.9 Å². The van der Waals surface area contributed by atoms with Gasteiger partial charge in [0, 0.05) is 18.4 Å². The van der Waals surface area contributed by atoms with Gasteiger partial charge in [0.1, 0.15) is 6.10 Å². The third-order valence-electron chi connectivity index (χ3n) is 4.86. The molecule has 5 nitrogen and oxygen atoms in total. The van der Waals surface area contributed by atoms with Crippen molar-refractivity contribution in [1.29, 1.82) is 0 Å². The molecule has 0 aliphatic carbocycles. The van der Waals surface area contributed by atoms with Crippen LogP contribution in [0.3, 0.4) is 0 Å². The lowest BCUT2D eigenvalue weighted by Gasteiger charge is -2.18. The predicted molar refractivity (Wildman–Crippen MR) is 103 cm³/mol. The van der Waals surface area contributed by atoms with Crippen LogP contribution in [0, 0.1) is 0 Å². The van der Waals surface area contributed by atoms with Crippen LogP contribution < -0.4 is 18.9 Å². The molecule has 3 rings (SSSR count). The molecule has 1 heterocycles. The van der Waals surface area contributed by atoms with Gasteiger partial charge in [0.25, 0.3) is 0 Å². The first-order valence-electron chi connectivity index (χ1n) is 9.22. The third-order valence-corrected chi connectivity index (χ3v) is 4.86. The average molecular weight is 370 g/mol. The van der Waals surface area contributed by atoms with Gasteiger partial charge in [0.05, 0.1) is 14.2 Å². The van der Waals surface area contributed by atoms with Crippen molar-refractivity contribution in [3.63, 3.8) is 0 Å². The van der Waals surface area contributed by atoms with E-state index in [1.54, 1.807) is 20.3 Å². The summed E-state index contributed by atoms with van der Waals surface area (Å²) < 4.78 is 22.5. The van der Waals surface area contributed by atoms with E-state index in [1.165, 1.54) is 12.5 Å². The molecule has 0 bridgehead atoms. The molecule has 0 spiro atoms. The van der Waals surface area contributed by atoms with E-state index in [4.69, 9.17) is 18.9 Å². The van der Waals surface area contributed by atoms with Gasteiger partial charge in [-0.3, -0.25) is 4.79 Å². The monoisotopic (exact) mass is 370 g/mol. The summed E-state index contributed by atoms with van der Waals surface area (Å²) >= 11 is 0. The molecular weight excluding hydrogens is 344 g/mol. The van der Waals surface area contributed by atoms with Gasteiger partial charge >= 0.3 is 5.97 Å². The summed E-state index contributed by atoms with van der Waals surface area (Å²) in [5.74, 6) is 2.27. The van der Waals surface area contributed by atoms with Gasteiger partial charge in [0.15, 0.2) is 23.0 Å². The first kappa shape index (κ1) is 19.1. The fraction of sp³-hybridized carbons (Fsp3) is 0.409. The second kappa shape index (κ2) is 7.91. The second-order valence-electron chi connectivity index (χ2n) is 6.80. The number of carbonyl (C=O) groups is 1. The molecule has 0 fully saturated rings. The van der Waals surface area contributed by atoms with Crippen LogP contribution >= 0.6 is 0 Å². The fourth-order valence-corrected chi connectivity index (χ4v) is 3.58. The van der Waals surface area contributed by atoms with E-state index in [-0.39, 0.29) is 18.0 Å². The SMILES string of the molecule is CCCc1cc(OC)c2c(c1)C(C)C(c1ccc(OC(C)=O)c(OC)c1)O2. The summed E-state index contributed by atoms with van der Waals surface area (Å²) in [5.41, 5.74) is 3.38. The Morgan fingerprint density at radius 3 is 2.44 bits per heavy atom. The van der Waals surface area contributed by atoms with E-state index in [1.807, 2.05) is 12.1 Å². The molecule has 0 N–H and O–H groups in total. The van der Waals surface area contributed by atoms with Crippen molar-refractivity contribution < 1.29 is 23.7 Å². The van der Waals surface area contributed by atoms with E-state index < -0.39 is 0 Å². The maximum absolute atomic E-state index is 11.3. The summed E-state index contributed by atoms with van der Waals surface area (Å²) in [6, 6.07) is 9.80. The minimum absolute atomic E-state index is 0.161. The molecule has 0 amide bonds. The molecular formula is C22H26O5. The molecule has 2 unspecified atom stereocenters. The van der Waals surface area contributed by atoms with Crippen molar-refractivity contribution in [1.82, 2.24) is 0 Å². The zero-order valence-corrected chi connectivity index (χ0v) is 16.5. The first-order chi connectivity index (χ1) is 13.0. The van der Waals surface area contributed by atoms with Gasteiger partial charge in [-0.2, -0.15) is 0 Å². The lowest BCUT2D eigenvalue weighted by atomic mass is 9.91. The molecule has 0 aromatic heterocycles. The number of benzene rings is 2. The molecule has 0 radical (unpaired) electrons. The second-order valence-corrected chi connectivity index (χ2v) is 6.80. The van der Waals surface area contributed by atoms with Crippen LogP contribution in [-0.4, -0.2) is 20.2 Å². The Morgan fingerprint density at radius 1 is 1.07 bits per heavy atom. The first-order valence-corrected chi connectivity index (χ1v) is 9.22. The topological polar surface area (TPSA) is 54.0 Å². The van der Waals surface area contributed by atoms with E-state index in [0.29, 0.717) is 11.5 Å². The van der Waals surface area contributed by atoms with Crippen LogP contribution in [0.15, 0.2) is 30.3 Å². The Balaban J connectivity index is 1.96. The van der Waals surface area contributed by atoms with Crippen molar-refractivity contribution >= 4 is 5.97 Å². The van der Waals surface area contributed by atoms with Gasteiger partial charge in [-0.05, 0) is 35.7 Å². The van der Waals surface area contributed by atoms with E-state index in [9.17, 15) is 4.79 Å². The molecule has 0 saturated carbocycles. The van der Waals surface area contributed by atoms with Gasteiger partial charge in [0.2, 0.25) is 0 Å². The maximum atomic E-state index is 11.3. The molecule has 27 heavy (non-hydrogen) atoms. The zero-order chi connectivity index (χ0) is 19.6. The van der Waals surface area contributed by atoms with Gasteiger partial charge < -0.3 is 18.9 Å². The average Bonchev–Trinajstić information content (AvgIpc) is 2.98. The number of aryl methyl sites for hydroxylation is 1. The van der Waals surface area contributed by atoms with Gasteiger partial charge in [-0.15, -0.1) is 0 Å². The number of ether oxygens (including phenoxy) is 4. The third kappa shape index (κ3) is 3.72. The predicted octanol–water partition coefficient (Wildman–Crippen LogP) is 4.82. The quantitative estimate of drug-likeness (QED) is 0.539. The van der Waals surface area contributed by atoms with Crippen molar-refractivity contribution in [2.75, 3.05) is 14.2 Å². The fourth-order valence-electron chi connectivity index (χ4n) is 3.58. The Kier molecular flexibility index (Phi) is 5.59. The molecule has 2 aromatic carbocycles. The number of fused-ring (bicyclic) bond motifs is 1. The molecule has 1 aliphatic rings. The Morgan fingerprint density at radius 2 is 1.81 bits per heavy atom. The number of carbonyl (C=O) groups excluding carboxylic acids is 1. The summed E-state index contributed by atoms with van der Waals surface area (Å²) in [5, 5.41) is 0. The lowest BCUT2D eigenvalue weighted by molar-refractivity contribution is -0.132. The molecule has 1 aliphatic heterocycles. The number of esters is 1. The molecule has 0 saturated heterocycles. The summed E-state index contributed by atoms with van der Waals surface area (Å²) in [4.78, 5) is 11.3. The van der Waals surface area contributed by atoms with Crippen molar-refractivity contribution in [2.45, 2.75) is 45.6 Å². The largest absolute Gasteiger partial charge is 0.493 e. The molecule has 5 heteroatoms. The summed E-state index contributed by atoms with van der Waals surface area (Å²) in [6.07, 6.45) is 1.92. The molecule has 2 aromatic rings. The Labute approximate surface area is 160 Å². The maximum Gasteiger partial charge on any atom is 0.308 e. The van der Waals surface area contributed by atoms with Crippen LogP contribution in [0.4, 0.5) is 0 Å². The lowest BCUT2D eigenvalue weighted by Crippen LogP contribution is -2.09. The van der Waals surface area contributed by atoms with Gasteiger partial charge in [-0.1, -0.05) is 32.4 Å². The van der Waals surface area contributed by atoms with E-state index >= 15 is 0 Å². The number of hydrogen-bond donors (Lipinski definition) is 0. The highest BCUT2D eigenvalue weighted by Crippen LogP contribution is 2.51. The van der Waals surface area contributed by atoms with Gasteiger partial charge in [-0.25, -0.2) is 0 Å². The standard InChI is InChI=1S/C22H26O5/c1-6-7-15-10-17-13(2)21(27-22(17)20(11-15)25-5)16-8-9-18(26-14(3)23)19(12-16)24-4/h8-13,21H,6-7H2,1-5H3. The highest BCUT2D eigenvalue weighted by atomic mass is 16.6. The Hall–Kier alpha value is -2.69. The van der Waals surface area contributed by atoms with Crippen LogP contribution in [0.5, 0.6) is 23.0 Å². The smallest absolute Gasteiger partial charge is 0.308 e. The minimum atomic E-state index is -0.382. The number of methoxy groups -OCH3 is 2. The van der Waals surface area contributed by atoms with Crippen LogP contribution in [-0.2, 0) is 11.2 Å². The number of rotatable bonds is 6. The van der Waals surface area contributed by atoms with E-state index in [2.05, 4.69) is 26.0 Å². The Bertz CT molecular complexity index is 843. The number of hydrogen-bond acceptors (Lipinski definition) is 5. The summed E-state index contributed by atoms with van der Waals surface area (Å²) in [6.45, 7) is 5.68.